The van der Waals surface area contributed by atoms with Crippen LogP contribution in [0.3, 0.4) is 0 Å². The third-order valence-corrected chi connectivity index (χ3v) is 14.8. The van der Waals surface area contributed by atoms with Crippen molar-refractivity contribution in [2.24, 2.45) is 0 Å². The molecule has 1 N–H and O–H groups in total. The zero-order chi connectivity index (χ0) is 36.8. The number of rotatable bonds is 15. The van der Waals surface area contributed by atoms with Crippen molar-refractivity contribution in [3.05, 3.63) is 114 Å². The van der Waals surface area contributed by atoms with Crippen molar-refractivity contribution in [2.75, 3.05) is 6.16 Å². The normalized spacial score (nSPS) is 12.3. The number of hydrogen-bond donors (Lipinski definition) is 1. The van der Waals surface area contributed by atoms with Crippen LogP contribution in [0, 0.1) is 0 Å². The van der Waals surface area contributed by atoms with Crippen LogP contribution in [0.1, 0.15) is 124 Å². The summed E-state index contributed by atoms with van der Waals surface area (Å²) in [6.45, 7) is 13.4. The summed E-state index contributed by atoms with van der Waals surface area (Å²) in [5.41, 5.74) is 0.0268. The topological polar surface area (TPSA) is 77.4 Å². The van der Waals surface area contributed by atoms with E-state index in [9.17, 15) is 18.1 Å². The van der Waals surface area contributed by atoms with Gasteiger partial charge in [-0.1, -0.05) is 154 Å². The molecule has 6 heteroatoms. The maximum Gasteiger partial charge on any atom is 0.124 e. The molecule has 0 unspecified atom stereocenters. The molecule has 4 nitrogen and oxygen atoms in total. The molecule has 272 valence electrons. The second-order valence-electron chi connectivity index (χ2n) is 15.5. The van der Waals surface area contributed by atoms with Crippen LogP contribution < -0.4 is 15.9 Å². The molecule has 0 fully saturated rings. The molecule has 0 saturated carbocycles. The molecule has 0 aliphatic heterocycles. The quantitative estimate of drug-likeness (QED) is 0.0755. The molecule has 0 spiro atoms. The Kier molecular flexibility index (Phi) is 15.8. The van der Waals surface area contributed by atoms with Crippen LogP contribution >= 0.6 is 7.26 Å². The van der Waals surface area contributed by atoms with E-state index in [2.05, 4.69) is 97.9 Å². The lowest BCUT2D eigenvalue weighted by atomic mass is 9.79. The SMILES string of the molecule is CC(C)(C)c1cc(S(=O)(=O)[O-])cc(C(C)(C)C)c1O.CCCCCCCCCCCC[P+](c1ccccc1)(c1ccccc1)c1ccccc1. The van der Waals surface area contributed by atoms with Gasteiger partial charge in [-0.2, -0.15) is 0 Å². The summed E-state index contributed by atoms with van der Waals surface area (Å²) in [5, 5.41) is 14.9. The van der Waals surface area contributed by atoms with E-state index in [0.29, 0.717) is 11.1 Å². The van der Waals surface area contributed by atoms with Crippen molar-refractivity contribution in [3.8, 4) is 5.75 Å². The predicted molar refractivity (Wildman–Crippen MR) is 215 cm³/mol. The molecule has 0 radical (unpaired) electrons. The van der Waals surface area contributed by atoms with E-state index in [-0.39, 0.29) is 10.6 Å². The molecule has 0 aromatic heterocycles. The Bertz CT molecular complexity index is 1540. The number of phenolic OH excluding ortho intramolecular Hbond substituents is 1. The van der Waals surface area contributed by atoms with Gasteiger partial charge in [0.2, 0.25) is 0 Å². The van der Waals surface area contributed by atoms with Crippen molar-refractivity contribution in [1.82, 2.24) is 0 Å². The molecule has 4 rings (SSSR count). The van der Waals surface area contributed by atoms with E-state index in [1.165, 1.54) is 98.4 Å². The molecule has 0 bridgehead atoms. The van der Waals surface area contributed by atoms with Gasteiger partial charge in [-0.05, 0) is 72.2 Å². The Morgan fingerprint density at radius 1 is 0.560 bits per heavy atom. The van der Waals surface area contributed by atoms with Crippen LogP contribution in [-0.4, -0.2) is 24.2 Å². The van der Waals surface area contributed by atoms with Crippen molar-refractivity contribution in [2.45, 2.75) is 128 Å². The van der Waals surface area contributed by atoms with Crippen molar-refractivity contribution >= 4 is 33.3 Å². The smallest absolute Gasteiger partial charge is 0.124 e. The van der Waals surface area contributed by atoms with E-state index in [1.54, 1.807) is 0 Å². The Hall–Kier alpha value is -2.98. The molecule has 0 aliphatic carbocycles. The molecule has 0 saturated heterocycles. The highest BCUT2D eigenvalue weighted by Crippen LogP contribution is 2.56. The minimum atomic E-state index is -4.55. The lowest BCUT2D eigenvalue weighted by molar-refractivity contribution is 0.420. The standard InChI is InChI=1S/C30H40P.C14H22O4S/c1-2-3-4-5-6-7-8-9-10-20-27-31(28-21-14-11-15-22-28,29-23-16-12-17-24-29)30-25-18-13-19-26-30;1-13(2,3)10-7-9(19(16,17)18)8-11(12(10)15)14(4,5)6/h11-19,21-26H,2-10,20,27H2,1H3;7-8,15H,1-6H3,(H,16,17,18)/q+1;/p-1. The summed E-state index contributed by atoms with van der Waals surface area (Å²) < 4.78 is 33.8. The summed E-state index contributed by atoms with van der Waals surface area (Å²) >= 11 is 0. The first-order chi connectivity index (χ1) is 23.6. The molecular weight excluding hydrogens is 656 g/mol. The molecule has 0 aliphatic rings. The van der Waals surface area contributed by atoms with Crippen LogP contribution in [0.25, 0.3) is 0 Å². The molecule has 0 atom stereocenters. The number of aromatic hydroxyl groups is 1. The minimum absolute atomic E-state index is 0.0624. The Balaban J connectivity index is 0.000000305. The highest BCUT2D eigenvalue weighted by Gasteiger charge is 2.44. The Morgan fingerprint density at radius 2 is 0.880 bits per heavy atom. The molecule has 0 amide bonds. The Labute approximate surface area is 304 Å². The second kappa shape index (κ2) is 19.0. The number of hydrogen-bond acceptors (Lipinski definition) is 4. The highest BCUT2D eigenvalue weighted by atomic mass is 32.2. The van der Waals surface area contributed by atoms with Gasteiger partial charge < -0.3 is 9.66 Å². The van der Waals surface area contributed by atoms with Gasteiger partial charge >= 0.3 is 0 Å². The lowest BCUT2D eigenvalue weighted by Gasteiger charge is -2.28. The third-order valence-electron chi connectivity index (χ3n) is 9.43. The van der Waals surface area contributed by atoms with E-state index in [1.807, 2.05) is 41.5 Å². The monoisotopic (exact) mass is 716 g/mol. The molecular formula is C44H61O4PS. The highest BCUT2D eigenvalue weighted by molar-refractivity contribution is 7.95. The van der Waals surface area contributed by atoms with E-state index in [4.69, 9.17) is 0 Å². The van der Waals surface area contributed by atoms with Crippen LogP contribution in [0.5, 0.6) is 5.75 Å². The first kappa shape index (κ1) is 41.4. The zero-order valence-corrected chi connectivity index (χ0v) is 33.3. The Morgan fingerprint density at radius 3 is 1.18 bits per heavy atom. The van der Waals surface area contributed by atoms with E-state index in [0.717, 1.165) is 0 Å². The van der Waals surface area contributed by atoms with Crippen molar-refractivity contribution < 1.29 is 18.1 Å². The fourth-order valence-corrected chi connectivity index (χ4v) is 11.5. The average Bonchev–Trinajstić information content (AvgIpc) is 3.07. The summed E-state index contributed by atoms with van der Waals surface area (Å²) in [7, 11) is -6.17. The maximum absolute atomic E-state index is 11.3. The van der Waals surface area contributed by atoms with Crippen LogP contribution in [0.2, 0.25) is 0 Å². The second-order valence-corrected chi connectivity index (χ2v) is 20.5. The fourth-order valence-electron chi connectivity index (χ4n) is 6.61. The van der Waals surface area contributed by atoms with Gasteiger partial charge in [-0.15, -0.1) is 0 Å². The first-order valence-corrected chi connectivity index (χ1v) is 21.9. The predicted octanol–water partition coefficient (Wildman–Crippen LogP) is 10.8. The van der Waals surface area contributed by atoms with Crippen LogP contribution in [0.15, 0.2) is 108 Å². The summed E-state index contributed by atoms with van der Waals surface area (Å²) in [6, 6.07) is 36.5. The van der Waals surface area contributed by atoms with Gasteiger partial charge in [-0.3, -0.25) is 0 Å². The number of unbranched alkanes of at least 4 members (excludes halogenated alkanes) is 9. The van der Waals surface area contributed by atoms with Crippen LogP contribution in [-0.2, 0) is 20.9 Å². The van der Waals surface area contributed by atoms with Crippen LogP contribution in [0.4, 0.5) is 0 Å². The summed E-state index contributed by atoms with van der Waals surface area (Å²) in [5.74, 6) is 0.0624. The van der Waals surface area contributed by atoms with Gasteiger partial charge in [0.25, 0.3) is 0 Å². The summed E-state index contributed by atoms with van der Waals surface area (Å²) in [6.07, 6.45) is 15.2. The van der Waals surface area contributed by atoms with Gasteiger partial charge in [0.15, 0.2) is 0 Å². The van der Waals surface area contributed by atoms with E-state index < -0.39 is 28.2 Å². The molecule has 4 aromatic carbocycles. The molecule has 4 aromatic rings. The third kappa shape index (κ3) is 11.8. The molecule has 0 heterocycles. The molecule has 50 heavy (non-hydrogen) atoms. The van der Waals surface area contributed by atoms with Crippen molar-refractivity contribution in [1.29, 1.82) is 0 Å². The largest absolute Gasteiger partial charge is 0.744 e. The minimum Gasteiger partial charge on any atom is -0.744 e. The number of phenols is 1. The number of benzene rings is 4. The van der Waals surface area contributed by atoms with Gasteiger partial charge in [-0.25, -0.2) is 8.42 Å². The van der Waals surface area contributed by atoms with Crippen molar-refractivity contribution in [3.63, 3.8) is 0 Å². The summed E-state index contributed by atoms with van der Waals surface area (Å²) in [4.78, 5) is -0.292. The van der Waals surface area contributed by atoms with Gasteiger partial charge in [0.1, 0.15) is 39.0 Å². The van der Waals surface area contributed by atoms with Gasteiger partial charge in [0.05, 0.1) is 11.1 Å². The first-order valence-electron chi connectivity index (χ1n) is 18.5. The lowest BCUT2D eigenvalue weighted by Crippen LogP contribution is -2.33. The van der Waals surface area contributed by atoms with E-state index >= 15 is 0 Å². The fraction of sp³-hybridized carbons (Fsp3) is 0.455. The average molecular weight is 717 g/mol. The van der Waals surface area contributed by atoms with Gasteiger partial charge in [0, 0.05) is 11.1 Å². The maximum atomic E-state index is 11.3. The zero-order valence-electron chi connectivity index (χ0n) is 31.6.